The molecular weight excluding hydrogens is 312 g/mol. The second-order valence-corrected chi connectivity index (χ2v) is 6.24. The SMILES string of the molecule is CNC(=O)NC(=O)[C@@H](C)Sc1nnc(-c2cccs2)n1N. The maximum atomic E-state index is 11.8. The van der Waals surface area contributed by atoms with Gasteiger partial charge in [0, 0.05) is 7.05 Å². The lowest BCUT2D eigenvalue weighted by molar-refractivity contribution is -0.119. The van der Waals surface area contributed by atoms with Crippen molar-refractivity contribution in [2.45, 2.75) is 17.3 Å². The molecule has 2 aromatic heterocycles. The molecule has 0 aliphatic carbocycles. The van der Waals surface area contributed by atoms with Crippen molar-refractivity contribution in [1.82, 2.24) is 25.5 Å². The van der Waals surface area contributed by atoms with Gasteiger partial charge in [0.25, 0.3) is 0 Å². The predicted octanol–water partition coefficient (Wildman–Crippen LogP) is 0.657. The molecule has 4 N–H and O–H groups in total. The van der Waals surface area contributed by atoms with Gasteiger partial charge in [0.05, 0.1) is 10.1 Å². The largest absolute Gasteiger partial charge is 0.341 e. The van der Waals surface area contributed by atoms with Crippen LogP contribution in [0.1, 0.15) is 6.92 Å². The smallest absolute Gasteiger partial charge is 0.321 e. The Labute approximate surface area is 129 Å². The second kappa shape index (κ2) is 6.59. The Morgan fingerprint density at radius 1 is 1.48 bits per heavy atom. The first-order valence-corrected chi connectivity index (χ1v) is 7.72. The van der Waals surface area contributed by atoms with Gasteiger partial charge in [-0.2, -0.15) is 0 Å². The van der Waals surface area contributed by atoms with Gasteiger partial charge in [-0.25, -0.2) is 9.47 Å². The Morgan fingerprint density at radius 2 is 2.24 bits per heavy atom. The monoisotopic (exact) mass is 326 g/mol. The second-order valence-electron chi connectivity index (χ2n) is 3.98. The molecule has 2 heterocycles. The minimum atomic E-state index is -0.555. The zero-order valence-electron chi connectivity index (χ0n) is 11.4. The van der Waals surface area contributed by atoms with Gasteiger partial charge in [0.1, 0.15) is 0 Å². The summed E-state index contributed by atoms with van der Waals surface area (Å²) in [6, 6.07) is 3.22. The van der Waals surface area contributed by atoms with Gasteiger partial charge >= 0.3 is 6.03 Å². The topological polar surface area (TPSA) is 115 Å². The molecule has 8 nitrogen and oxygen atoms in total. The van der Waals surface area contributed by atoms with E-state index in [1.807, 2.05) is 17.5 Å². The quantitative estimate of drug-likeness (QED) is 0.561. The first kappa shape index (κ1) is 15.3. The molecule has 0 unspecified atom stereocenters. The van der Waals surface area contributed by atoms with Crippen LogP contribution in [-0.2, 0) is 4.79 Å². The predicted molar refractivity (Wildman–Crippen MR) is 81.4 cm³/mol. The molecule has 0 radical (unpaired) electrons. The van der Waals surface area contributed by atoms with Gasteiger partial charge in [0.15, 0.2) is 5.82 Å². The van der Waals surface area contributed by atoms with Crippen molar-refractivity contribution in [3.8, 4) is 10.7 Å². The first-order valence-electron chi connectivity index (χ1n) is 5.96. The van der Waals surface area contributed by atoms with Crippen molar-refractivity contribution in [1.29, 1.82) is 0 Å². The van der Waals surface area contributed by atoms with Crippen molar-refractivity contribution in [2.75, 3.05) is 12.9 Å². The third-order valence-corrected chi connectivity index (χ3v) is 4.44. The summed E-state index contributed by atoms with van der Waals surface area (Å²) >= 11 is 2.62. The van der Waals surface area contributed by atoms with E-state index >= 15 is 0 Å². The summed E-state index contributed by atoms with van der Waals surface area (Å²) in [5, 5.41) is 14.3. The highest BCUT2D eigenvalue weighted by atomic mass is 32.2. The highest BCUT2D eigenvalue weighted by Crippen LogP contribution is 2.27. The molecule has 1 atom stereocenters. The fourth-order valence-electron chi connectivity index (χ4n) is 1.42. The summed E-state index contributed by atoms with van der Waals surface area (Å²) < 4.78 is 1.33. The van der Waals surface area contributed by atoms with Gasteiger partial charge in [0.2, 0.25) is 11.1 Å². The summed E-state index contributed by atoms with van der Waals surface area (Å²) in [4.78, 5) is 23.8. The Kier molecular flexibility index (Phi) is 4.81. The van der Waals surface area contributed by atoms with Crippen LogP contribution >= 0.6 is 23.1 Å². The maximum absolute atomic E-state index is 11.8. The van der Waals surface area contributed by atoms with Crippen molar-refractivity contribution >= 4 is 35.0 Å². The molecule has 0 fully saturated rings. The van der Waals surface area contributed by atoms with E-state index in [4.69, 9.17) is 5.84 Å². The number of imide groups is 1. The van der Waals surface area contributed by atoms with Crippen LogP contribution in [-0.4, -0.2) is 39.1 Å². The number of urea groups is 1. The highest BCUT2D eigenvalue weighted by Gasteiger charge is 2.21. The van der Waals surface area contributed by atoms with E-state index in [0.717, 1.165) is 16.6 Å². The van der Waals surface area contributed by atoms with Crippen LogP contribution in [0.25, 0.3) is 10.7 Å². The summed E-state index contributed by atoms with van der Waals surface area (Å²) in [7, 11) is 1.43. The zero-order valence-corrected chi connectivity index (χ0v) is 13.0. The highest BCUT2D eigenvalue weighted by molar-refractivity contribution is 8.00. The van der Waals surface area contributed by atoms with Crippen LogP contribution in [0.4, 0.5) is 4.79 Å². The average Bonchev–Trinajstić information content (AvgIpc) is 3.09. The third kappa shape index (κ3) is 3.52. The molecule has 0 bridgehead atoms. The van der Waals surface area contributed by atoms with Crippen molar-refractivity contribution in [3.63, 3.8) is 0 Å². The number of thioether (sulfide) groups is 1. The number of thiophene rings is 1. The lowest BCUT2D eigenvalue weighted by Crippen LogP contribution is -2.41. The number of carbonyl (C=O) groups is 2. The molecule has 2 aromatic rings. The Hall–Kier alpha value is -2.07. The standard InChI is InChI=1S/C11H14N6O2S2/c1-6(9(18)14-10(19)13-2)21-11-16-15-8(17(11)12)7-4-3-5-20-7/h3-6H,12H2,1-2H3,(H2,13,14,18,19)/t6-/m1/s1. The molecule has 3 amide bonds. The van der Waals surface area contributed by atoms with E-state index in [0.29, 0.717) is 11.0 Å². The lowest BCUT2D eigenvalue weighted by Gasteiger charge is -2.10. The van der Waals surface area contributed by atoms with Crippen molar-refractivity contribution < 1.29 is 9.59 Å². The number of nitrogen functional groups attached to an aromatic ring is 1. The van der Waals surface area contributed by atoms with E-state index in [2.05, 4.69) is 20.8 Å². The molecule has 0 saturated heterocycles. The number of nitrogens with zero attached hydrogens (tertiary/aromatic N) is 3. The van der Waals surface area contributed by atoms with Gasteiger partial charge in [-0.3, -0.25) is 10.1 Å². The number of rotatable bonds is 4. The number of hydrogen-bond donors (Lipinski definition) is 3. The van der Waals surface area contributed by atoms with E-state index in [-0.39, 0.29) is 0 Å². The van der Waals surface area contributed by atoms with Gasteiger partial charge in [-0.15, -0.1) is 21.5 Å². The summed E-state index contributed by atoms with van der Waals surface area (Å²) in [6.07, 6.45) is 0. The molecule has 112 valence electrons. The molecule has 10 heteroatoms. The van der Waals surface area contributed by atoms with Crippen LogP contribution in [0.3, 0.4) is 0 Å². The lowest BCUT2D eigenvalue weighted by atomic mass is 10.4. The van der Waals surface area contributed by atoms with E-state index in [1.54, 1.807) is 6.92 Å². The van der Waals surface area contributed by atoms with Gasteiger partial charge < -0.3 is 11.2 Å². The summed E-state index contributed by atoms with van der Waals surface area (Å²) in [6.45, 7) is 1.66. The Bertz CT molecular complexity index is 639. The molecule has 0 saturated carbocycles. The van der Waals surface area contributed by atoms with Crippen molar-refractivity contribution in [3.05, 3.63) is 17.5 Å². The van der Waals surface area contributed by atoms with E-state index in [1.165, 1.54) is 23.1 Å². The van der Waals surface area contributed by atoms with Crippen LogP contribution in [0.15, 0.2) is 22.7 Å². The fraction of sp³-hybridized carbons (Fsp3) is 0.273. The number of amides is 3. The number of carbonyl (C=O) groups excluding carboxylic acids is 2. The third-order valence-electron chi connectivity index (χ3n) is 2.52. The molecule has 0 spiro atoms. The number of aromatic nitrogens is 3. The van der Waals surface area contributed by atoms with Crippen molar-refractivity contribution in [2.24, 2.45) is 0 Å². The molecule has 0 aliphatic rings. The Morgan fingerprint density at radius 3 is 2.86 bits per heavy atom. The van der Waals surface area contributed by atoms with E-state index < -0.39 is 17.2 Å². The van der Waals surface area contributed by atoms with Gasteiger partial charge in [-0.1, -0.05) is 17.8 Å². The van der Waals surface area contributed by atoms with Crippen LogP contribution in [0, 0.1) is 0 Å². The summed E-state index contributed by atoms with van der Waals surface area (Å²) in [5.41, 5.74) is 0. The zero-order chi connectivity index (χ0) is 15.4. The maximum Gasteiger partial charge on any atom is 0.321 e. The normalized spacial score (nSPS) is 11.9. The molecule has 21 heavy (non-hydrogen) atoms. The van der Waals surface area contributed by atoms with Gasteiger partial charge in [-0.05, 0) is 18.4 Å². The fourth-order valence-corrected chi connectivity index (χ4v) is 2.89. The van der Waals surface area contributed by atoms with Crippen LogP contribution < -0.4 is 16.5 Å². The average molecular weight is 326 g/mol. The Balaban J connectivity index is 2.07. The number of nitrogens with two attached hydrogens (primary N) is 1. The van der Waals surface area contributed by atoms with E-state index in [9.17, 15) is 9.59 Å². The molecule has 2 rings (SSSR count). The molecule has 0 aromatic carbocycles. The number of hydrogen-bond acceptors (Lipinski definition) is 7. The number of nitrogens with one attached hydrogen (secondary N) is 2. The first-order chi connectivity index (χ1) is 10.0. The van der Waals surface area contributed by atoms with Crippen LogP contribution in [0.2, 0.25) is 0 Å². The van der Waals surface area contributed by atoms with Crippen LogP contribution in [0.5, 0.6) is 0 Å². The summed E-state index contributed by atoms with van der Waals surface area (Å²) in [5.74, 6) is 6.04. The molecular formula is C11H14N6O2S2. The minimum Gasteiger partial charge on any atom is -0.341 e. The minimum absolute atomic E-state index is 0.401. The molecule has 0 aliphatic heterocycles.